The molecular weight excluding hydrogens is 376 g/mol. The number of aromatic nitrogens is 5. The average molecular weight is 405 g/mol. The normalized spacial score (nSPS) is 29.6. The average Bonchev–Trinajstić information content (AvgIpc) is 3.33. The Morgan fingerprint density at radius 1 is 1.17 bits per heavy atom. The third kappa shape index (κ3) is 2.71. The highest BCUT2D eigenvalue weighted by Crippen LogP contribution is 2.53. The molecule has 1 amide bonds. The molecule has 156 valence electrons. The second kappa shape index (κ2) is 6.65. The molecule has 4 bridgehead atoms. The molecule has 0 aromatic carbocycles. The summed E-state index contributed by atoms with van der Waals surface area (Å²) in [4.78, 5) is 17.8. The number of carbonyl (C=O) groups excluding carboxylic acids is 1. The van der Waals surface area contributed by atoms with Gasteiger partial charge in [0.05, 0.1) is 17.6 Å². The molecule has 3 aromatic heterocycles. The zero-order valence-electron chi connectivity index (χ0n) is 17.6. The molecule has 0 saturated heterocycles. The molecule has 4 aliphatic rings. The summed E-state index contributed by atoms with van der Waals surface area (Å²) in [5, 5.41) is 12.5. The van der Waals surface area contributed by atoms with Crippen molar-refractivity contribution in [1.29, 1.82) is 0 Å². The van der Waals surface area contributed by atoms with Gasteiger partial charge < -0.3 is 5.32 Å². The fourth-order valence-corrected chi connectivity index (χ4v) is 6.58. The van der Waals surface area contributed by atoms with E-state index in [-0.39, 0.29) is 5.91 Å². The van der Waals surface area contributed by atoms with Gasteiger partial charge in [-0.3, -0.25) is 9.48 Å². The first kappa shape index (κ1) is 18.1. The molecule has 4 aliphatic carbocycles. The second-order valence-corrected chi connectivity index (χ2v) is 9.54. The first-order chi connectivity index (χ1) is 14.6. The Morgan fingerprint density at radius 3 is 2.57 bits per heavy atom. The quantitative estimate of drug-likeness (QED) is 0.722. The number of aryl methyl sites for hydroxylation is 2. The summed E-state index contributed by atoms with van der Waals surface area (Å²) >= 11 is 0. The van der Waals surface area contributed by atoms with Crippen LogP contribution in [0.3, 0.4) is 0 Å². The lowest BCUT2D eigenvalue weighted by Crippen LogP contribution is -2.55. The van der Waals surface area contributed by atoms with Crippen LogP contribution in [0.15, 0.2) is 24.7 Å². The molecule has 30 heavy (non-hydrogen) atoms. The lowest BCUT2D eigenvalue weighted by atomic mass is 9.54. The van der Waals surface area contributed by atoms with E-state index in [2.05, 4.69) is 27.4 Å². The van der Waals surface area contributed by atoms with Crippen molar-refractivity contribution in [3.05, 3.63) is 35.9 Å². The topological polar surface area (TPSA) is 77.1 Å². The first-order valence-electron chi connectivity index (χ1n) is 11.3. The van der Waals surface area contributed by atoms with Crippen LogP contribution in [-0.2, 0) is 6.54 Å². The first-order valence-corrected chi connectivity index (χ1v) is 11.3. The van der Waals surface area contributed by atoms with Gasteiger partial charge in [0.15, 0.2) is 5.65 Å². The van der Waals surface area contributed by atoms with Gasteiger partial charge in [-0.15, -0.1) is 0 Å². The predicted molar refractivity (Wildman–Crippen MR) is 113 cm³/mol. The molecule has 1 N–H and O–H groups in total. The van der Waals surface area contributed by atoms with Crippen LogP contribution in [0.1, 0.15) is 55.1 Å². The minimum atomic E-state index is -0.0342. The zero-order valence-corrected chi connectivity index (χ0v) is 17.6. The van der Waals surface area contributed by atoms with Gasteiger partial charge in [0, 0.05) is 30.5 Å². The van der Waals surface area contributed by atoms with Gasteiger partial charge in [0.2, 0.25) is 0 Å². The molecule has 4 saturated carbocycles. The molecule has 7 nitrogen and oxygen atoms in total. The number of hydrogen-bond acceptors (Lipinski definition) is 4. The van der Waals surface area contributed by atoms with Crippen molar-refractivity contribution in [2.45, 2.75) is 58.5 Å². The van der Waals surface area contributed by atoms with E-state index in [0.29, 0.717) is 29.1 Å². The van der Waals surface area contributed by atoms with E-state index in [4.69, 9.17) is 0 Å². The maximum Gasteiger partial charge on any atom is 0.257 e. The van der Waals surface area contributed by atoms with Crippen LogP contribution in [-0.4, -0.2) is 36.3 Å². The molecule has 3 aromatic rings. The Kier molecular flexibility index (Phi) is 4.01. The minimum absolute atomic E-state index is 0.0342. The number of hydrogen-bond donors (Lipinski definition) is 1. The summed E-state index contributed by atoms with van der Waals surface area (Å²) in [7, 11) is 0. The van der Waals surface area contributed by atoms with Gasteiger partial charge in [-0.1, -0.05) is 0 Å². The van der Waals surface area contributed by atoms with E-state index in [1.54, 1.807) is 16.9 Å². The summed E-state index contributed by atoms with van der Waals surface area (Å²) in [5.41, 5.74) is 4.04. The van der Waals surface area contributed by atoms with Crippen LogP contribution in [0.4, 0.5) is 0 Å². The van der Waals surface area contributed by atoms with E-state index >= 15 is 0 Å². The van der Waals surface area contributed by atoms with Crippen molar-refractivity contribution in [3.63, 3.8) is 0 Å². The van der Waals surface area contributed by atoms with Crippen LogP contribution in [0.5, 0.6) is 0 Å². The number of nitrogens with zero attached hydrogens (tertiary/aromatic N) is 5. The maximum absolute atomic E-state index is 13.3. The zero-order chi connectivity index (χ0) is 20.4. The fraction of sp³-hybridized carbons (Fsp3) is 0.565. The number of amides is 1. The van der Waals surface area contributed by atoms with Crippen LogP contribution in [0, 0.1) is 30.6 Å². The van der Waals surface area contributed by atoms with Crippen LogP contribution < -0.4 is 5.32 Å². The largest absolute Gasteiger partial charge is 0.349 e. The van der Waals surface area contributed by atoms with Crippen LogP contribution in [0.2, 0.25) is 0 Å². The van der Waals surface area contributed by atoms with Gasteiger partial charge in [-0.25, -0.2) is 9.50 Å². The van der Waals surface area contributed by atoms with E-state index in [0.717, 1.165) is 35.3 Å². The Bertz CT molecular complexity index is 1100. The molecule has 0 radical (unpaired) electrons. The predicted octanol–water partition coefficient (Wildman–Crippen LogP) is 3.48. The number of rotatable bonds is 4. The summed E-state index contributed by atoms with van der Waals surface area (Å²) in [6, 6.07) is 2.25. The van der Waals surface area contributed by atoms with Crippen molar-refractivity contribution in [3.8, 4) is 11.3 Å². The Hall–Kier alpha value is -2.70. The maximum atomic E-state index is 13.3. The molecule has 0 unspecified atom stereocenters. The third-order valence-electron chi connectivity index (χ3n) is 7.72. The molecule has 3 heterocycles. The number of carbonyl (C=O) groups is 1. The SMILES string of the molecule is CCn1cc(-c2ccnc3c(C(=O)NC4C5CC6CC(C5)CC4C6)cnn23)c(C)n1. The molecule has 0 spiro atoms. The highest BCUT2D eigenvalue weighted by Gasteiger charge is 2.48. The molecular formula is C23H28N6O. The molecule has 0 atom stereocenters. The second-order valence-electron chi connectivity index (χ2n) is 9.54. The molecule has 7 rings (SSSR count). The van der Waals surface area contributed by atoms with Crippen molar-refractivity contribution in [2.75, 3.05) is 0 Å². The van der Waals surface area contributed by atoms with Gasteiger partial charge in [0.25, 0.3) is 5.91 Å². The van der Waals surface area contributed by atoms with Crippen LogP contribution >= 0.6 is 0 Å². The smallest absolute Gasteiger partial charge is 0.257 e. The third-order valence-corrected chi connectivity index (χ3v) is 7.72. The number of nitrogens with one attached hydrogen (secondary N) is 1. The Balaban J connectivity index is 1.31. The molecule has 7 heteroatoms. The highest BCUT2D eigenvalue weighted by molar-refractivity contribution is 6.00. The Morgan fingerprint density at radius 2 is 1.90 bits per heavy atom. The van der Waals surface area contributed by atoms with E-state index in [1.807, 2.05) is 23.9 Å². The molecule has 4 fully saturated rings. The Labute approximate surface area is 175 Å². The van der Waals surface area contributed by atoms with Crippen molar-refractivity contribution in [1.82, 2.24) is 29.7 Å². The standard InChI is InChI=1S/C23H28N6O/c1-3-28-12-19(13(2)27-28)20-4-5-24-22-18(11-25-29(20)22)23(30)26-21-16-7-14-6-15(9-16)10-17(21)8-14/h4-5,11-12,14-17,21H,3,6-10H2,1-2H3,(H,26,30). The van der Waals surface area contributed by atoms with Gasteiger partial charge in [-0.2, -0.15) is 10.2 Å². The summed E-state index contributed by atoms with van der Waals surface area (Å²) in [6.07, 6.45) is 12.0. The summed E-state index contributed by atoms with van der Waals surface area (Å²) in [6.45, 7) is 4.88. The summed E-state index contributed by atoms with van der Waals surface area (Å²) < 4.78 is 3.69. The van der Waals surface area contributed by atoms with Crippen molar-refractivity contribution >= 4 is 11.6 Å². The van der Waals surface area contributed by atoms with Gasteiger partial charge in [-0.05, 0) is 75.7 Å². The van der Waals surface area contributed by atoms with E-state index in [1.165, 1.54) is 32.1 Å². The van der Waals surface area contributed by atoms with Gasteiger partial charge >= 0.3 is 0 Å². The van der Waals surface area contributed by atoms with Crippen LogP contribution in [0.25, 0.3) is 16.9 Å². The minimum Gasteiger partial charge on any atom is -0.349 e. The lowest BCUT2D eigenvalue weighted by Gasteiger charge is -2.54. The highest BCUT2D eigenvalue weighted by atomic mass is 16.1. The van der Waals surface area contributed by atoms with Crippen molar-refractivity contribution < 1.29 is 4.79 Å². The van der Waals surface area contributed by atoms with Gasteiger partial charge in [0.1, 0.15) is 5.56 Å². The monoisotopic (exact) mass is 404 g/mol. The van der Waals surface area contributed by atoms with Crippen molar-refractivity contribution in [2.24, 2.45) is 23.7 Å². The number of fused-ring (bicyclic) bond motifs is 1. The fourth-order valence-electron chi connectivity index (χ4n) is 6.58. The molecule has 0 aliphatic heterocycles. The van der Waals surface area contributed by atoms with E-state index in [9.17, 15) is 4.79 Å². The summed E-state index contributed by atoms with van der Waals surface area (Å²) in [5.74, 6) is 3.06. The van der Waals surface area contributed by atoms with E-state index < -0.39 is 0 Å². The lowest BCUT2D eigenvalue weighted by molar-refractivity contribution is -0.0119.